The van der Waals surface area contributed by atoms with Crippen LogP contribution >= 0.6 is 0 Å². The molecule has 1 amide bonds. The van der Waals surface area contributed by atoms with E-state index in [4.69, 9.17) is 13.9 Å². The Morgan fingerprint density at radius 1 is 1.27 bits per heavy atom. The molecule has 2 aromatic rings. The molecule has 0 aliphatic rings. The van der Waals surface area contributed by atoms with Crippen LogP contribution < -0.4 is 14.8 Å². The van der Waals surface area contributed by atoms with Crippen molar-refractivity contribution in [2.45, 2.75) is 26.8 Å². The highest BCUT2D eigenvalue weighted by molar-refractivity contribution is 5.95. The summed E-state index contributed by atoms with van der Waals surface area (Å²) in [4.78, 5) is 12.3. The van der Waals surface area contributed by atoms with Crippen molar-refractivity contribution in [2.24, 2.45) is 0 Å². The molecule has 1 aromatic carbocycles. The fraction of sp³-hybridized carbons (Fsp3) is 0.353. The fourth-order valence-electron chi connectivity index (χ4n) is 2.12. The Bertz CT molecular complexity index is 648. The van der Waals surface area contributed by atoms with Gasteiger partial charge in [-0.3, -0.25) is 4.79 Å². The van der Waals surface area contributed by atoms with Crippen molar-refractivity contribution in [3.8, 4) is 11.5 Å². The summed E-state index contributed by atoms with van der Waals surface area (Å²) < 4.78 is 16.2. The first-order chi connectivity index (χ1) is 10.5. The molecular weight excluding hydrogens is 282 g/mol. The summed E-state index contributed by atoms with van der Waals surface area (Å²) in [5.41, 5.74) is 0.510. The lowest BCUT2D eigenvalue weighted by atomic mass is 10.1. The molecule has 0 saturated heterocycles. The van der Waals surface area contributed by atoms with E-state index in [0.717, 1.165) is 11.5 Å². The zero-order chi connectivity index (χ0) is 16.1. The predicted octanol–water partition coefficient (Wildman–Crippen LogP) is 3.49. The molecule has 0 spiro atoms. The van der Waals surface area contributed by atoms with Crippen molar-refractivity contribution in [3.63, 3.8) is 0 Å². The van der Waals surface area contributed by atoms with Gasteiger partial charge in [0.2, 0.25) is 0 Å². The molecule has 0 saturated carbocycles. The van der Waals surface area contributed by atoms with Crippen LogP contribution in [0.5, 0.6) is 11.5 Å². The number of nitrogens with one attached hydrogen (secondary N) is 1. The van der Waals surface area contributed by atoms with E-state index in [0.29, 0.717) is 23.7 Å². The Kier molecular flexibility index (Phi) is 5.09. The van der Waals surface area contributed by atoms with E-state index >= 15 is 0 Å². The van der Waals surface area contributed by atoms with Crippen LogP contribution in [0.3, 0.4) is 0 Å². The summed E-state index contributed by atoms with van der Waals surface area (Å²) in [6, 6.07) is 8.64. The minimum Gasteiger partial charge on any atom is -0.493 e. The van der Waals surface area contributed by atoms with E-state index < -0.39 is 0 Å². The van der Waals surface area contributed by atoms with Gasteiger partial charge in [0.15, 0.2) is 11.5 Å². The van der Waals surface area contributed by atoms with Crippen LogP contribution in [0, 0.1) is 6.92 Å². The Labute approximate surface area is 130 Å². The number of ether oxygens (including phenoxy) is 2. The number of hydrogen-bond acceptors (Lipinski definition) is 4. The maximum Gasteiger partial charge on any atom is 0.252 e. The van der Waals surface area contributed by atoms with Crippen LogP contribution in [-0.2, 0) is 0 Å². The van der Waals surface area contributed by atoms with Gasteiger partial charge in [-0.15, -0.1) is 0 Å². The molecule has 1 N–H and O–H groups in total. The van der Waals surface area contributed by atoms with Crippen molar-refractivity contribution >= 4 is 5.91 Å². The minimum atomic E-state index is -0.209. The van der Waals surface area contributed by atoms with Crippen LogP contribution in [-0.4, -0.2) is 19.6 Å². The van der Waals surface area contributed by atoms with E-state index in [1.165, 1.54) is 0 Å². The number of carbonyl (C=O) groups is 1. The zero-order valence-electron chi connectivity index (χ0n) is 13.3. The van der Waals surface area contributed by atoms with E-state index in [-0.39, 0.29) is 11.9 Å². The summed E-state index contributed by atoms with van der Waals surface area (Å²) in [5.74, 6) is 2.51. The van der Waals surface area contributed by atoms with Crippen LogP contribution in [0.15, 0.2) is 34.7 Å². The van der Waals surface area contributed by atoms with Gasteiger partial charge in [0, 0.05) is 5.56 Å². The van der Waals surface area contributed by atoms with Gasteiger partial charge in [0.05, 0.1) is 19.8 Å². The van der Waals surface area contributed by atoms with Gasteiger partial charge in [0.1, 0.15) is 11.5 Å². The third-order valence-electron chi connectivity index (χ3n) is 3.26. The first kappa shape index (κ1) is 15.9. The van der Waals surface area contributed by atoms with Gasteiger partial charge in [-0.1, -0.05) is 0 Å². The number of carbonyl (C=O) groups excluding carboxylic acids is 1. The van der Waals surface area contributed by atoms with Crippen LogP contribution in [0.25, 0.3) is 0 Å². The predicted molar refractivity (Wildman–Crippen MR) is 83.5 cm³/mol. The lowest BCUT2D eigenvalue weighted by Gasteiger charge is -2.14. The molecule has 2 rings (SSSR count). The molecule has 1 atom stereocenters. The van der Waals surface area contributed by atoms with Gasteiger partial charge in [-0.25, -0.2) is 0 Å². The van der Waals surface area contributed by atoms with E-state index in [2.05, 4.69) is 5.32 Å². The average molecular weight is 303 g/mol. The van der Waals surface area contributed by atoms with Gasteiger partial charge >= 0.3 is 0 Å². The second-order valence-electron chi connectivity index (χ2n) is 4.94. The van der Waals surface area contributed by atoms with Gasteiger partial charge < -0.3 is 19.2 Å². The molecule has 0 radical (unpaired) electrons. The van der Waals surface area contributed by atoms with E-state index in [1.807, 2.05) is 32.9 Å². The van der Waals surface area contributed by atoms with E-state index in [9.17, 15) is 4.79 Å². The first-order valence-corrected chi connectivity index (χ1v) is 7.23. The van der Waals surface area contributed by atoms with Gasteiger partial charge in [-0.2, -0.15) is 0 Å². The van der Waals surface area contributed by atoms with Gasteiger partial charge in [0.25, 0.3) is 5.91 Å². The topological polar surface area (TPSA) is 60.7 Å². The summed E-state index contributed by atoms with van der Waals surface area (Å²) in [5, 5.41) is 2.90. The summed E-state index contributed by atoms with van der Waals surface area (Å²) in [6.07, 6.45) is 0. The Morgan fingerprint density at radius 2 is 2.05 bits per heavy atom. The van der Waals surface area contributed by atoms with Crippen molar-refractivity contribution in [3.05, 3.63) is 47.4 Å². The Morgan fingerprint density at radius 3 is 2.64 bits per heavy atom. The number of methoxy groups -OCH3 is 1. The smallest absolute Gasteiger partial charge is 0.252 e. The molecule has 118 valence electrons. The number of furan rings is 1. The molecule has 1 aromatic heterocycles. The number of aryl methyl sites for hydroxylation is 1. The molecule has 0 bridgehead atoms. The minimum absolute atomic E-state index is 0.192. The van der Waals surface area contributed by atoms with Crippen LogP contribution in [0.2, 0.25) is 0 Å². The molecule has 0 aliphatic heterocycles. The standard InChI is InChI=1S/C17H21NO4/c1-5-21-15-9-7-13(10-16(15)20-4)17(19)18-12(3)14-8-6-11(2)22-14/h6-10,12H,5H2,1-4H3,(H,18,19). The van der Waals surface area contributed by atoms with Crippen LogP contribution in [0.1, 0.15) is 41.8 Å². The quantitative estimate of drug-likeness (QED) is 0.887. The summed E-state index contributed by atoms with van der Waals surface area (Å²) in [6.45, 7) is 6.18. The first-order valence-electron chi connectivity index (χ1n) is 7.23. The maximum atomic E-state index is 12.3. The second-order valence-corrected chi connectivity index (χ2v) is 4.94. The summed E-state index contributed by atoms with van der Waals surface area (Å²) in [7, 11) is 1.55. The van der Waals surface area contributed by atoms with Crippen LogP contribution in [0.4, 0.5) is 0 Å². The largest absolute Gasteiger partial charge is 0.493 e. The second kappa shape index (κ2) is 7.02. The fourth-order valence-corrected chi connectivity index (χ4v) is 2.12. The number of rotatable bonds is 6. The number of benzene rings is 1. The monoisotopic (exact) mass is 303 g/mol. The normalized spacial score (nSPS) is 11.8. The highest BCUT2D eigenvalue weighted by atomic mass is 16.5. The lowest BCUT2D eigenvalue weighted by Crippen LogP contribution is -2.26. The van der Waals surface area contributed by atoms with Gasteiger partial charge in [-0.05, 0) is 51.1 Å². The lowest BCUT2D eigenvalue weighted by molar-refractivity contribution is 0.0934. The molecule has 22 heavy (non-hydrogen) atoms. The number of amides is 1. The summed E-state index contributed by atoms with van der Waals surface area (Å²) >= 11 is 0. The van der Waals surface area contributed by atoms with Crippen molar-refractivity contribution < 1.29 is 18.7 Å². The Hall–Kier alpha value is -2.43. The van der Waals surface area contributed by atoms with Crippen molar-refractivity contribution in [1.29, 1.82) is 0 Å². The third kappa shape index (κ3) is 3.61. The molecule has 0 fully saturated rings. The highest BCUT2D eigenvalue weighted by Crippen LogP contribution is 2.28. The zero-order valence-corrected chi connectivity index (χ0v) is 13.3. The molecule has 5 nitrogen and oxygen atoms in total. The molecular formula is C17H21NO4. The van der Waals surface area contributed by atoms with E-state index in [1.54, 1.807) is 25.3 Å². The third-order valence-corrected chi connectivity index (χ3v) is 3.26. The van der Waals surface area contributed by atoms with Crippen molar-refractivity contribution in [2.75, 3.05) is 13.7 Å². The molecule has 5 heteroatoms. The van der Waals surface area contributed by atoms with Crippen molar-refractivity contribution in [1.82, 2.24) is 5.32 Å². The maximum absolute atomic E-state index is 12.3. The SMILES string of the molecule is CCOc1ccc(C(=O)NC(C)c2ccc(C)o2)cc1OC. The molecule has 1 heterocycles. The molecule has 1 unspecified atom stereocenters. The average Bonchev–Trinajstić information content (AvgIpc) is 2.94. The highest BCUT2D eigenvalue weighted by Gasteiger charge is 2.16. The molecule has 0 aliphatic carbocycles. The Balaban J connectivity index is 2.12. The number of hydrogen-bond donors (Lipinski definition) is 1.